The van der Waals surface area contributed by atoms with Crippen LogP contribution in [0.1, 0.15) is 25.3 Å². The summed E-state index contributed by atoms with van der Waals surface area (Å²) in [7, 11) is -2.12. The molecule has 0 aliphatic carbocycles. The summed E-state index contributed by atoms with van der Waals surface area (Å²) < 4.78 is 7.84. The highest BCUT2D eigenvalue weighted by atomic mass is 28.4. The van der Waals surface area contributed by atoms with E-state index in [0.29, 0.717) is 42.1 Å². The molecule has 0 saturated carbocycles. The molecule has 0 bridgehead atoms. The number of likely N-dealkylation sites (tertiary alicyclic amines) is 1. The second-order valence-corrected chi connectivity index (χ2v) is 14.6. The van der Waals surface area contributed by atoms with Crippen molar-refractivity contribution in [2.45, 2.75) is 44.4 Å². The van der Waals surface area contributed by atoms with Crippen LogP contribution in [-0.2, 0) is 4.79 Å². The van der Waals surface area contributed by atoms with Gasteiger partial charge in [0.1, 0.15) is 29.3 Å². The fourth-order valence-corrected chi connectivity index (χ4v) is 5.71. The number of hydrogen-bond acceptors (Lipinski definition) is 7. The lowest BCUT2D eigenvalue weighted by Crippen LogP contribution is -2.40. The molecule has 0 spiro atoms. The lowest BCUT2D eigenvalue weighted by Gasteiger charge is -2.32. The van der Waals surface area contributed by atoms with Crippen LogP contribution in [0.15, 0.2) is 73.1 Å². The fourth-order valence-electron chi connectivity index (χ4n) is 4.84. The van der Waals surface area contributed by atoms with Gasteiger partial charge >= 0.3 is 0 Å². The van der Waals surface area contributed by atoms with E-state index in [0.717, 1.165) is 35.9 Å². The van der Waals surface area contributed by atoms with Crippen molar-refractivity contribution in [2.24, 2.45) is 0 Å². The van der Waals surface area contributed by atoms with Gasteiger partial charge in [0.05, 0.1) is 11.4 Å². The minimum atomic E-state index is -2.12. The van der Waals surface area contributed by atoms with E-state index in [9.17, 15) is 9.59 Å². The van der Waals surface area contributed by atoms with Crippen LogP contribution in [-0.4, -0.2) is 56.8 Å². The summed E-state index contributed by atoms with van der Waals surface area (Å²) in [4.78, 5) is 33.6. The smallest absolute Gasteiger partial charge is 0.246 e. The van der Waals surface area contributed by atoms with E-state index < -0.39 is 8.32 Å². The van der Waals surface area contributed by atoms with Gasteiger partial charge in [-0.25, -0.2) is 14.6 Å². The van der Waals surface area contributed by atoms with Gasteiger partial charge in [-0.3, -0.25) is 4.79 Å². The molecular weight excluding hydrogens is 508 g/mol. The Morgan fingerprint density at radius 2 is 1.87 bits per heavy atom. The number of carbonyl (C=O) groups excluding carboxylic acids is 1. The van der Waals surface area contributed by atoms with Crippen molar-refractivity contribution >= 4 is 31.1 Å². The van der Waals surface area contributed by atoms with E-state index in [1.165, 1.54) is 6.33 Å². The molecule has 1 fully saturated rings. The first-order chi connectivity index (χ1) is 18.8. The van der Waals surface area contributed by atoms with Crippen LogP contribution in [0.5, 0.6) is 11.5 Å². The number of ether oxygens (including phenoxy) is 1. The van der Waals surface area contributed by atoms with Crippen LogP contribution >= 0.6 is 0 Å². The number of nitrogens with two attached hydrogens (primary N) is 1. The van der Waals surface area contributed by atoms with Crippen LogP contribution in [0.4, 0.5) is 5.82 Å². The van der Waals surface area contributed by atoms with Crippen LogP contribution in [0, 0.1) is 0 Å². The molecule has 3 N–H and O–H groups in total. The number of hydrogen-bond donors (Lipinski definition) is 2. The number of amides is 1. The minimum Gasteiger partial charge on any atom is -0.457 e. The van der Waals surface area contributed by atoms with E-state index in [-0.39, 0.29) is 11.9 Å². The molecule has 5 rings (SSSR count). The number of allylic oxidation sites excluding steroid dienone is 1. The van der Waals surface area contributed by atoms with Crippen LogP contribution in [0.3, 0.4) is 0 Å². The van der Waals surface area contributed by atoms with Crippen molar-refractivity contribution in [1.82, 2.24) is 24.6 Å². The van der Waals surface area contributed by atoms with Gasteiger partial charge in [-0.2, -0.15) is 5.10 Å². The number of benzene rings is 2. The summed E-state index contributed by atoms with van der Waals surface area (Å²) in [5.74, 6) is 1.84. The van der Waals surface area contributed by atoms with Crippen molar-refractivity contribution < 1.29 is 14.3 Å². The second kappa shape index (κ2) is 11.4. The third kappa shape index (κ3) is 6.35. The van der Waals surface area contributed by atoms with Crippen LogP contribution in [0.25, 0.3) is 22.3 Å². The van der Waals surface area contributed by atoms with Gasteiger partial charge in [-0.05, 0) is 80.9 Å². The molecule has 39 heavy (non-hydrogen) atoms. The second-order valence-electron chi connectivity index (χ2n) is 10.5. The number of nitrogens with zero attached hydrogens (tertiary/aromatic N) is 5. The van der Waals surface area contributed by atoms with Crippen molar-refractivity contribution in [2.75, 3.05) is 18.8 Å². The third-order valence-corrected chi connectivity index (χ3v) is 8.37. The molecule has 9 nitrogen and oxygen atoms in total. The lowest BCUT2D eigenvalue weighted by atomic mass is 10.1. The van der Waals surface area contributed by atoms with Gasteiger partial charge in [0.25, 0.3) is 0 Å². The minimum absolute atomic E-state index is 0.0167. The Labute approximate surface area is 229 Å². The van der Waals surface area contributed by atoms with Crippen molar-refractivity contribution in [3.63, 3.8) is 0 Å². The third-order valence-electron chi connectivity index (χ3n) is 6.86. The fraction of sp³-hybridized carbons (Fsp3) is 0.310. The largest absolute Gasteiger partial charge is 0.457 e. The number of carbonyl (C=O) groups is 1. The Hall–Kier alpha value is -4.02. The molecule has 1 aliphatic rings. The molecule has 1 unspecified atom stereocenters. The quantitative estimate of drug-likeness (QED) is 0.233. The monoisotopic (exact) mass is 542 g/mol. The zero-order valence-corrected chi connectivity index (χ0v) is 23.3. The zero-order chi connectivity index (χ0) is 27.4. The van der Waals surface area contributed by atoms with E-state index >= 15 is 0 Å². The summed E-state index contributed by atoms with van der Waals surface area (Å²) in [5.41, 5.74) is 8.56. The summed E-state index contributed by atoms with van der Waals surface area (Å²) in [5, 5.41) is 5.67. The first-order valence-electron chi connectivity index (χ1n) is 13.3. The number of nitrogen functional groups attached to an aromatic ring is 1. The lowest BCUT2D eigenvalue weighted by molar-refractivity contribution is -0.127. The van der Waals surface area contributed by atoms with E-state index in [2.05, 4.69) is 9.97 Å². The molecular formula is C29H34N6O3Si. The molecule has 1 aliphatic heterocycles. The SMILES string of the molecule is C[Si](C)(O)CC/C=C/C(=O)N1CCCC(n2nc(-c3ccc(Oc4ccccc4)cc3)c3c(N)ncnc32)C1. The highest BCUT2D eigenvalue weighted by Crippen LogP contribution is 2.35. The van der Waals surface area contributed by atoms with Gasteiger partial charge in [0, 0.05) is 18.7 Å². The zero-order valence-electron chi connectivity index (χ0n) is 22.3. The predicted octanol–water partition coefficient (Wildman–Crippen LogP) is 5.18. The molecule has 1 atom stereocenters. The van der Waals surface area contributed by atoms with Gasteiger partial charge < -0.3 is 20.2 Å². The average Bonchev–Trinajstić information content (AvgIpc) is 3.33. The number of fused-ring (bicyclic) bond motifs is 1. The Balaban J connectivity index is 1.37. The molecule has 1 amide bonds. The molecule has 1 saturated heterocycles. The topological polar surface area (TPSA) is 119 Å². The van der Waals surface area contributed by atoms with Gasteiger partial charge in [0.15, 0.2) is 14.0 Å². The Morgan fingerprint density at radius 3 is 2.62 bits per heavy atom. The van der Waals surface area contributed by atoms with Crippen LogP contribution < -0.4 is 10.5 Å². The first-order valence-corrected chi connectivity index (χ1v) is 16.4. The predicted molar refractivity (Wildman–Crippen MR) is 155 cm³/mol. The van der Waals surface area contributed by atoms with Crippen molar-refractivity contribution in [1.29, 1.82) is 0 Å². The maximum atomic E-state index is 12.9. The molecule has 4 aromatic rings. The Morgan fingerprint density at radius 1 is 1.13 bits per heavy atom. The normalized spacial score (nSPS) is 16.2. The Kier molecular flexibility index (Phi) is 7.76. The molecule has 3 heterocycles. The van der Waals surface area contributed by atoms with E-state index in [1.54, 1.807) is 6.08 Å². The van der Waals surface area contributed by atoms with Crippen LogP contribution in [0.2, 0.25) is 19.1 Å². The summed E-state index contributed by atoms with van der Waals surface area (Å²) in [6.07, 6.45) is 7.41. The number of para-hydroxylation sites is 1. The van der Waals surface area contributed by atoms with Gasteiger partial charge in [-0.1, -0.05) is 24.3 Å². The number of rotatable bonds is 8. The summed E-state index contributed by atoms with van der Waals surface area (Å²) in [6.45, 7) is 5.05. The number of aromatic nitrogens is 4. The summed E-state index contributed by atoms with van der Waals surface area (Å²) >= 11 is 0. The van der Waals surface area contributed by atoms with Crippen molar-refractivity contribution in [3.8, 4) is 22.8 Å². The highest BCUT2D eigenvalue weighted by molar-refractivity contribution is 6.69. The highest BCUT2D eigenvalue weighted by Gasteiger charge is 2.28. The van der Waals surface area contributed by atoms with E-state index in [4.69, 9.17) is 15.6 Å². The Bertz CT molecular complexity index is 1460. The molecule has 2 aromatic heterocycles. The number of anilines is 1. The maximum absolute atomic E-state index is 12.9. The molecule has 202 valence electrons. The van der Waals surface area contributed by atoms with Gasteiger partial charge in [0.2, 0.25) is 5.91 Å². The molecule has 2 aromatic carbocycles. The van der Waals surface area contributed by atoms with E-state index in [1.807, 2.05) is 83.3 Å². The number of piperidine rings is 1. The standard InChI is InChI=1S/C29H34N6O3Si/c1-39(2,37)18-7-6-12-25(36)34-17-8-9-22(19-34)35-29-26(28(30)31-20-32-29)27(33-35)21-13-15-24(16-14-21)38-23-10-4-3-5-11-23/h3-6,10-16,20,22,37H,7-9,17-19H2,1-2H3,(H2,30,31,32)/b12-6+. The van der Waals surface area contributed by atoms with Crippen molar-refractivity contribution in [3.05, 3.63) is 73.1 Å². The van der Waals surface area contributed by atoms with Gasteiger partial charge in [-0.15, -0.1) is 0 Å². The molecule has 10 heteroatoms. The molecule has 0 radical (unpaired) electrons. The maximum Gasteiger partial charge on any atom is 0.246 e. The first kappa shape index (κ1) is 26.6. The average molecular weight is 543 g/mol. The summed E-state index contributed by atoms with van der Waals surface area (Å²) in [6, 6.07) is 18.0.